The average Bonchev–Trinajstić information content (AvgIpc) is 2.38. The zero-order valence-electron chi connectivity index (χ0n) is 11.9. The fourth-order valence-electron chi connectivity index (χ4n) is 3.24. The van der Waals surface area contributed by atoms with Gasteiger partial charge in [-0.2, -0.15) is 13.2 Å². The van der Waals surface area contributed by atoms with Crippen molar-refractivity contribution in [1.82, 2.24) is 5.32 Å². The number of ether oxygens (including phenoxy) is 1. The summed E-state index contributed by atoms with van der Waals surface area (Å²) in [6.07, 6.45) is 2.57. The van der Waals surface area contributed by atoms with E-state index in [1.54, 1.807) is 0 Å². The van der Waals surface area contributed by atoms with Crippen LogP contribution < -0.4 is 5.32 Å². The van der Waals surface area contributed by atoms with Crippen molar-refractivity contribution in [2.45, 2.75) is 57.7 Å². The molecule has 0 heterocycles. The summed E-state index contributed by atoms with van der Waals surface area (Å²) in [4.78, 5) is 0. The molecule has 0 saturated heterocycles. The minimum Gasteiger partial charge on any atom is -0.372 e. The van der Waals surface area contributed by atoms with Gasteiger partial charge in [0.2, 0.25) is 0 Å². The Kier molecular flexibility index (Phi) is 7.15. The lowest BCUT2D eigenvalue weighted by Gasteiger charge is -2.36. The molecule has 5 heteroatoms. The van der Waals surface area contributed by atoms with E-state index in [0.717, 1.165) is 6.42 Å². The number of halogens is 3. The minimum atomic E-state index is -4.22. The van der Waals surface area contributed by atoms with Gasteiger partial charge < -0.3 is 10.1 Å². The quantitative estimate of drug-likeness (QED) is 0.717. The summed E-state index contributed by atoms with van der Waals surface area (Å²) < 4.78 is 40.7. The molecule has 1 N–H and O–H groups in total. The molecule has 114 valence electrons. The van der Waals surface area contributed by atoms with E-state index in [1.165, 1.54) is 25.7 Å². The topological polar surface area (TPSA) is 21.3 Å². The van der Waals surface area contributed by atoms with Crippen LogP contribution in [0.15, 0.2) is 0 Å². The van der Waals surface area contributed by atoms with Gasteiger partial charge in [0.1, 0.15) is 6.61 Å². The predicted octanol–water partition coefficient (Wildman–Crippen LogP) is 3.76. The Bertz CT molecular complexity index is 245. The van der Waals surface area contributed by atoms with Gasteiger partial charge in [0.25, 0.3) is 0 Å². The fraction of sp³-hybridized carbons (Fsp3) is 1.00. The summed E-state index contributed by atoms with van der Waals surface area (Å²) in [5, 5.41) is 3.27. The molecule has 1 aliphatic rings. The highest BCUT2D eigenvalue weighted by Gasteiger charge is 2.31. The molecule has 0 amide bonds. The normalized spacial score (nSPS) is 26.4. The lowest BCUT2D eigenvalue weighted by Crippen LogP contribution is -2.40. The van der Waals surface area contributed by atoms with Gasteiger partial charge in [0.05, 0.1) is 0 Å². The second-order valence-electron chi connectivity index (χ2n) is 5.47. The first-order valence-corrected chi connectivity index (χ1v) is 7.29. The molecule has 0 spiro atoms. The Morgan fingerprint density at radius 1 is 1.26 bits per heavy atom. The van der Waals surface area contributed by atoms with Crippen LogP contribution >= 0.6 is 0 Å². The smallest absolute Gasteiger partial charge is 0.372 e. The van der Waals surface area contributed by atoms with Gasteiger partial charge in [-0.1, -0.05) is 32.6 Å². The predicted molar refractivity (Wildman–Crippen MR) is 70.1 cm³/mol. The van der Waals surface area contributed by atoms with Crippen molar-refractivity contribution >= 4 is 0 Å². The van der Waals surface area contributed by atoms with Crippen molar-refractivity contribution in [2.75, 3.05) is 20.3 Å². The van der Waals surface area contributed by atoms with Gasteiger partial charge in [-0.25, -0.2) is 0 Å². The first kappa shape index (κ1) is 16.8. The first-order valence-electron chi connectivity index (χ1n) is 7.29. The molecule has 1 rings (SSSR count). The molecule has 0 aliphatic heterocycles. The number of rotatable bonds is 7. The van der Waals surface area contributed by atoms with Crippen molar-refractivity contribution in [3.63, 3.8) is 0 Å². The SMILES string of the molecule is CCC1CCCCC1C(CCOCC(F)(F)F)NC. The molecule has 2 nitrogen and oxygen atoms in total. The first-order chi connectivity index (χ1) is 8.98. The van der Waals surface area contributed by atoms with E-state index >= 15 is 0 Å². The van der Waals surface area contributed by atoms with Gasteiger partial charge in [0.15, 0.2) is 0 Å². The van der Waals surface area contributed by atoms with Crippen molar-refractivity contribution in [1.29, 1.82) is 0 Å². The number of nitrogens with one attached hydrogen (secondary N) is 1. The van der Waals surface area contributed by atoms with Gasteiger partial charge in [-0.3, -0.25) is 0 Å². The number of alkyl halides is 3. The van der Waals surface area contributed by atoms with Crippen molar-refractivity contribution in [3.8, 4) is 0 Å². The molecule has 0 bridgehead atoms. The van der Waals surface area contributed by atoms with Crippen LogP contribution in [0.3, 0.4) is 0 Å². The average molecular weight is 281 g/mol. The molecule has 1 aliphatic carbocycles. The zero-order chi connectivity index (χ0) is 14.3. The van der Waals surface area contributed by atoms with Crippen LogP contribution in [0.25, 0.3) is 0 Å². The van der Waals surface area contributed by atoms with Crippen molar-refractivity contribution < 1.29 is 17.9 Å². The van der Waals surface area contributed by atoms with Crippen LogP contribution in [0.2, 0.25) is 0 Å². The fourth-order valence-corrected chi connectivity index (χ4v) is 3.24. The van der Waals surface area contributed by atoms with Crippen LogP contribution in [0, 0.1) is 11.8 Å². The highest BCUT2D eigenvalue weighted by molar-refractivity contribution is 4.83. The van der Waals surface area contributed by atoms with Crippen LogP contribution in [-0.2, 0) is 4.74 Å². The van der Waals surface area contributed by atoms with E-state index in [0.29, 0.717) is 18.3 Å². The highest BCUT2D eigenvalue weighted by Crippen LogP contribution is 2.35. The highest BCUT2D eigenvalue weighted by atomic mass is 19.4. The van der Waals surface area contributed by atoms with Crippen molar-refractivity contribution in [3.05, 3.63) is 0 Å². The minimum absolute atomic E-state index is 0.179. The third-order valence-corrected chi connectivity index (χ3v) is 4.22. The summed E-state index contributed by atoms with van der Waals surface area (Å²) in [5.74, 6) is 1.28. The summed E-state index contributed by atoms with van der Waals surface area (Å²) in [5.41, 5.74) is 0. The molecular formula is C14H26F3NO. The van der Waals surface area contributed by atoms with E-state index in [1.807, 2.05) is 7.05 Å². The molecule has 3 atom stereocenters. The second kappa shape index (κ2) is 8.10. The molecule has 0 aromatic carbocycles. The van der Waals surface area contributed by atoms with Crippen LogP contribution in [0.1, 0.15) is 45.4 Å². The van der Waals surface area contributed by atoms with E-state index in [-0.39, 0.29) is 12.6 Å². The summed E-state index contributed by atoms with van der Waals surface area (Å²) >= 11 is 0. The van der Waals surface area contributed by atoms with Gasteiger partial charge >= 0.3 is 6.18 Å². The molecule has 19 heavy (non-hydrogen) atoms. The summed E-state index contributed by atoms with van der Waals surface area (Å²) in [6.45, 7) is 1.25. The van der Waals surface area contributed by atoms with E-state index < -0.39 is 12.8 Å². The molecule has 0 aromatic heterocycles. The lowest BCUT2D eigenvalue weighted by molar-refractivity contribution is -0.174. The molecule has 1 saturated carbocycles. The number of hydrogen-bond acceptors (Lipinski definition) is 2. The maximum Gasteiger partial charge on any atom is 0.411 e. The third-order valence-electron chi connectivity index (χ3n) is 4.22. The largest absolute Gasteiger partial charge is 0.411 e. The maximum atomic E-state index is 12.0. The third kappa shape index (κ3) is 6.13. The number of hydrogen-bond donors (Lipinski definition) is 1. The van der Waals surface area contributed by atoms with Crippen LogP contribution in [0.4, 0.5) is 13.2 Å². The Morgan fingerprint density at radius 3 is 2.53 bits per heavy atom. The zero-order valence-corrected chi connectivity index (χ0v) is 11.9. The monoisotopic (exact) mass is 281 g/mol. The molecule has 1 fully saturated rings. The lowest BCUT2D eigenvalue weighted by atomic mass is 9.73. The Balaban J connectivity index is 2.35. The van der Waals surface area contributed by atoms with E-state index in [4.69, 9.17) is 4.74 Å². The van der Waals surface area contributed by atoms with Gasteiger partial charge in [-0.15, -0.1) is 0 Å². The molecule has 0 radical (unpaired) electrons. The Hall–Kier alpha value is -0.290. The summed E-state index contributed by atoms with van der Waals surface area (Å²) in [6, 6.07) is 0.276. The van der Waals surface area contributed by atoms with Crippen molar-refractivity contribution in [2.24, 2.45) is 11.8 Å². The van der Waals surface area contributed by atoms with Gasteiger partial charge in [0, 0.05) is 12.6 Å². The molecule has 3 unspecified atom stereocenters. The summed E-state index contributed by atoms with van der Waals surface area (Å²) in [7, 11) is 1.90. The standard InChI is InChI=1S/C14H26F3NO/c1-3-11-6-4-5-7-12(11)13(18-2)8-9-19-10-14(15,16)17/h11-13,18H,3-10H2,1-2H3. The van der Waals surface area contributed by atoms with Crippen LogP contribution in [-0.4, -0.2) is 32.5 Å². The second-order valence-corrected chi connectivity index (χ2v) is 5.47. The van der Waals surface area contributed by atoms with E-state index in [9.17, 15) is 13.2 Å². The molecule has 0 aromatic rings. The van der Waals surface area contributed by atoms with Gasteiger partial charge in [-0.05, 0) is 31.7 Å². The van der Waals surface area contributed by atoms with E-state index in [2.05, 4.69) is 12.2 Å². The Labute approximate surface area is 114 Å². The maximum absolute atomic E-state index is 12.0. The molecular weight excluding hydrogens is 255 g/mol. The van der Waals surface area contributed by atoms with Crippen LogP contribution in [0.5, 0.6) is 0 Å². The Morgan fingerprint density at radius 2 is 1.95 bits per heavy atom.